The zero-order valence-electron chi connectivity index (χ0n) is 11.4. The van der Waals surface area contributed by atoms with Crippen LogP contribution < -0.4 is 10.5 Å². The van der Waals surface area contributed by atoms with Gasteiger partial charge in [-0.2, -0.15) is 13.2 Å². The first-order valence-corrected chi connectivity index (χ1v) is 7.06. The average molecular weight is 331 g/mol. The number of amides is 1. The summed E-state index contributed by atoms with van der Waals surface area (Å²) in [5, 5.41) is 1.48. The maximum Gasteiger partial charge on any atom is 0.436 e. The molecular weight excluding hydrogens is 319 g/mol. The van der Waals surface area contributed by atoms with Crippen LogP contribution in [0.25, 0.3) is 5.69 Å². The maximum atomic E-state index is 12.8. The minimum atomic E-state index is -4.47. The number of nitrogen functional groups attached to an aromatic ring is 1. The zero-order chi connectivity index (χ0) is 16.3. The summed E-state index contributed by atoms with van der Waals surface area (Å²) in [5.74, 6) is 0.173. The van der Waals surface area contributed by atoms with Crippen LogP contribution in [0.15, 0.2) is 34.6 Å². The predicted octanol–water partition coefficient (Wildman–Crippen LogP) is 3.20. The van der Waals surface area contributed by atoms with Gasteiger partial charge in [-0.05, 0) is 25.1 Å². The molecule has 0 aliphatic rings. The predicted molar refractivity (Wildman–Crippen MR) is 75.6 cm³/mol. The first-order valence-electron chi connectivity index (χ1n) is 6.18. The number of rotatable bonds is 2. The van der Waals surface area contributed by atoms with E-state index in [2.05, 4.69) is 4.99 Å². The van der Waals surface area contributed by atoms with Crippen LogP contribution in [-0.2, 0) is 10.9 Å². The SMILES string of the molecule is CCOC(=O)/N=c1/scc(N)n1-c1cccc(C(F)(F)F)c1. The van der Waals surface area contributed by atoms with Crippen LogP contribution in [-0.4, -0.2) is 17.3 Å². The molecule has 22 heavy (non-hydrogen) atoms. The number of carbonyl (C=O) groups is 1. The molecule has 2 N–H and O–H groups in total. The van der Waals surface area contributed by atoms with Crippen LogP contribution in [0.5, 0.6) is 0 Å². The molecule has 1 aromatic heterocycles. The number of nitrogens with zero attached hydrogens (tertiary/aromatic N) is 2. The van der Waals surface area contributed by atoms with Crippen LogP contribution in [0.4, 0.5) is 23.8 Å². The number of alkyl halides is 3. The second-order valence-corrected chi connectivity index (χ2v) is 4.97. The van der Waals surface area contributed by atoms with Gasteiger partial charge in [0.1, 0.15) is 5.82 Å². The standard InChI is InChI=1S/C13H12F3N3O2S/c1-2-21-12(20)18-11-19(10(17)7-22-11)9-5-3-4-8(6-9)13(14,15)16/h3-7H,2,17H2,1H3/b18-11+. The van der Waals surface area contributed by atoms with Crippen molar-refractivity contribution in [2.24, 2.45) is 4.99 Å². The summed E-state index contributed by atoms with van der Waals surface area (Å²) in [6.45, 7) is 1.77. The molecule has 0 spiro atoms. The highest BCUT2D eigenvalue weighted by atomic mass is 32.1. The smallest absolute Gasteiger partial charge is 0.436 e. The van der Waals surface area contributed by atoms with E-state index in [1.807, 2.05) is 0 Å². The lowest BCUT2D eigenvalue weighted by Crippen LogP contribution is -2.18. The molecule has 0 aliphatic heterocycles. The van der Waals surface area contributed by atoms with Crippen molar-refractivity contribution in [3.05, 3.63) is 40.0 Å². The van der Waals surface area contributed by atoms with Gasteiger partial charge in [-0.25, -0.2) is 4.79 Å². The summed E-state index contributed by atoms with van der Waals surface area (Å²) in [6.07, 6.45) is -5.30. The quantitative estimate of drug-likeness (QED) is 0.919. The normalized spacial score (nSPS) is 12.5. The number of ether oxygens (including phenoxy) is 1. The number of nitrogens with two attached hydrogens (primary N) is 1. The molecule has 2 rings (SSSR count). The van der Waals surface area contributed by atoms with Crippen molar-refractivity contribution in [3.63, 3.8) is 0 Å². The Bertz CT molecular complexity index is 749. The van der Waals surface area contributed by atoms with E-state index in [0.717, 1.165) is 23.5 Å². The Morgan fingerprint density at radius 1 is 1.45 bits per heavy atom. The van der Waals surface area contributed by atoms with Gasteiger partial charge in [0.15, 0.2) is 0 Å². The lowest BCUT2D eigenvalue weighted by molar-refractivity contribution is -0.137. The van der Waals surface area contributed by atoms with Crippen LogP contribution >= 0.6 is 11.3 Å². The number of anilines is 1. The number of halogens is 3. The summed E-state index contributed by atoms with van der Waals surface area (Å²) in [6, 6.07) is 4.60. The molecule has 9 heteroatoms. The minimum Gasteiger partial charge on any atom is -0.448 e. The third kappa shape index (κ3) is 3.48. The molecule has 0 radical (unpaired) electrons. The number of aromatic nitrogens is 1. The molecule has 0 saturated carbocycles. The number of hydrogen-bond acceptors (Lipinski definition) is 4. The van der Waals surface area contributed by atoms with E-state index in [1.165, 1.54) is 22.1 Å². The molecule has 1 amide bonds. The largest absolute Gasteiger partial charge is 0.448 e. The lowest BCUT2D eigenvalue weighted by Gasteiger charge is -2.10. The average Bonchev–Trinajstić information content (AvgIpc) is 2.79. The Hall–Kier alpha value is -2.29. The third-order valence-electron chi connectivity index (χ3n) is 2.62. The van der Waals surface area contributed by atoms with Crippen molar-refractivity contribution in [2.45, 2.75) is 13.1 Å². The molecule has 0 unspecified atom stereocenters. The Morgan fingerprint density at radius 2 is 2.18 bits per heavy atom. The van der Waals surface area contributed by atoms with Crippen LogP contribution in [0.2, 0.25) is 0 Å². The summed E-state index contributed by atoms with van der Waals surface area (Å²) >= 11 is 1.03. The second-order valence-electron chi connectivity index (χ2n) is 4.14. The highest BCUT2D eigenvalue weighted by Crippen LogP contribution is 2.30. The topological polar surface area (TPSA) is 69.6 Å². The van der Waals surface area contributed by atoms with Gasteiger partial charge < -0.3 is 10.5 Å². The molecule has 1 aromatic carbocycles. The van der Waals surface area contributed by atoms with E-state index in [9.17, 15) is 18.0 Å². The maximum absolute atomic E-state index is 12.8. The van der Waals surface area contributed by atoms with E-state index in [-0.39, 0.29) is 22.9 Å². The van der Waals surface area contributed by atoms with Gasteiger partial charge in [-0.15, -0.1) is 16.3 Å². The van der Waals surface area contributed by atoms with Gasteiger partial charge in [-0.1, -0.05) is 6.07 Å². The number of benzene rings is 1. The Kier molecular flexibility index (Phi) is 4.55. The summed E-state index contributed by atoms with van der Waals surface area (Å²) in [7, 11) is 0. The zero-order valence-corrected chi connectivity index (χ0v) is 12.2. The Morgan fingerprint density at radius 3 is 2.82 bits per heavy atom. The van der Waals surface area contributed by atoms with E-state index < -0.39 is 17.8 Å². The van der Waals surface area contributed by atoms with Crippen LogP contribution in [0.3, 0.4) is 0 Å². The molecular formula is C13H12F3N3O2S. The molecule has 118 valence electrons. The fraction of sp³-hybridized carbons (Fsp3) is 0.231. The minimum absolute atomic E-state index is 0.135. The highest BCUT2D eigenvalue weighted by molar-refractivity contribution is 7.07. The molecule has 0 saturated heterocycles. The van der Waals surface area contributed by atoms with Crippen molar-refractivity contribution in [1.29, 1.82) is 0 Å². The molecule has 0 bridgehead atoms. The van der Waals surface area contributed by atoms with Crippen molar-refractivity contribution in [2.75, 3.05) is 12.3 Å². The van der Waals surface area contributed by atoms with E-state index in [0.29, 0.717) is 0 Å². The molecule has 2 aromatic rings. The van der Waals surface area contributed by atoms with Gasteiger partial charge in [0.2, 0.25) is 4.80 Å². The fourth-order valence-corrected chi connectivity index (χ4v) is 2.49. The van der Waals surface area contributed by atoms with Crippen molar-refractivity contribution in [1.82, 2.24) is 4.57 Å². The van der Waals surface area contributed by atoms with Gasteiger partial charge in [-0.3, -0.25) is 4.57 Å². The van der Waals surface area contributed by atoms with Gasteiger partial charge in [0, 0.05) is 5.38 Å². The molecule has 0 fully saturated rings. The first kappa shape index (κ1) is 16.1. The van der Waals surface area contributed by atoms with Crippen molar-refractivity contribution < 1.29 is 22.7 Å². The van der Waals surface area contributed by atoms with Gasteiger partial charge in [0.05, 0.1) is 17.9 Å². The Balaban J connectivity index is 2.54. The summed E-state index contributed by atoms with van der Waals surface area (Å²) in [4.78, 5) is 15.2. The second kappa shape index (κ2) is 6.22. The molecule has 5 nitrogen and oxygen atoms in total. The van der Waals surface area contributed by atoms with Gasteiger partial charge >= 0.3 is 12.3 Å². The molecule has 0 aliphatic carbocycles. The van der Waals surface area contributed by atoms with E-state index >= 15 is 0 Å². The first-order chi connectivity index (χ1) is 10.3. The van der Waals surface area contributed by atoms with Crippen LogP contribution in [0.1, 0.15) is 12.5 Å². The molecule has 0 atom stereocenters. The highest BCUT2D eigenvalue weighted by Gasteiger charge is 2.30. The summed E-state index contributed by atoms with van der Waals surface area (Å²) in [5.41, 5.74) is 5.11. The Labute approximate surface area is 127 Å². The number of carbonyl (C=O) groups excluding carboxylic acids is 1. The number of thiazole rings is 1. The molecule has 1 heterocycles. The van der Waals surface area contributed by atoms with Crippen molar-refractivity contribution >= 4 is 23.2 Å². The fourth-order valence-electron chi connectivity index (χ4n) is 1.72. The lowest BCUT2D eigenvalue weighted by atomic mass is 10.2. The van der Waals surface area contributed by atoms with Crippen LogP contribution in [0, 0.1) is 0 Å². The summed E-state index contributed by atoms with van der Waals surface area (Å²) < 4.78 is 44.3. The van der Waals surface area contributed by atoms with Crippen molar-refractivity contribution in [3.8, 4) is 5.69 Å². The number of hydrogen-bond donors (Lipinski definition) is 1. The third-order valence-corrected chi connectivity index (χ3v) is 3.47. The van der Waals surface area contributed by atoms with E-state index in [1.54, 1.807) is 6.92 Å². The van der Waals surface area contributed by atoms with Gasteiger partial charge in [0.25, 0.3) is 0 Å². The monoisotopic (exact) mass is 331 g/mol. The van der Waals surface area contributed by atoms with E-state index in [4.69, 9.17) is 10.5 Å².